The Morgan fingerprint density at radius 2 is 1.73 bits per heavy atom. The molecule has 0 unspecified atom stereocenters. The zero-order chi connectivity index (χ0) is 22.8. The Labute approximate surface area is 190 Å². The average Bonchev–Trinajstić information content (AvgIpc) is 3.20. The zero-order valence-electron chi connectivity index (χ0n) is 18.3. The molecule has 164 valence electrons. The summed E-state index contributed by atoms with van der Waals surface area (Å²) in [6.45, 7) is 2.01. The number of H-pyrrole nitrogens is 1. The summed E-state index contributed by atoms with van der Waals surface area (Å²) in [4.78, 5) is 30.3. The minimum atomic E-state index is -0.171. The lowest BCUT2D eigenvalue weighted by Crippen LogP contribution is -2.32. The highest BCUT2D eigenvalue weighted by Gasteiger charge is 2.15. The summed E-state index contributed by atoms with van der Waals surface area (Å²) < 4.78 is 1.50. The van der Waals surface area contributed by atoms with Gasteiger partial charge in [-0.2, -0.15) is 0 Å². The maximum absolute atomic E-state index is 12.9. The molecule has 33 heavy (non-hydrogen) atoms. The first-order valence-electron chi connectivity index (χ1n) is 11.0. The highest BCUT2D eigenvalue weighted by molar-refractivity contribution is 6.06. The molecule has 0 bridgehead atoms. The second-order valence-electron chi connectivity index (χ2n) is 8.27. The van der Waals surface area contributed by atoms with Gasteiger partial charge in [0, 0.05) is 23.2 Å². The number of nitrogens with one attached hydrogen (secondary N) is 2. The number of amides is 1. The monoisotopic (exact) mass is 436 g/mol. The predicted molar refractivity (Wildman–Crippen MR) is 131 cm³/mol. The van der Waals surface area contributed by atoms with Gasteiger partial charge in [0.2, 0.25) is 0 Å². The third-order valence-electron chi connectivity index (χ3n) is 5.89. The van der Waals surface area contributed by atoms with Gasteiger partial charge in [-0.3, -0.25) is 19.7 Å². The molecule has 0 saturated heterocycles. The first-order valence-corrected chi connectivity index (χ1v) is 11.0. The molecule has 6 heteroatoms. The van der Waals surface area contributed by atoms with E-state index in [1.165, 1.54) is 10.2 Å². The molecule has 0 aliphatic carbocycles. The molecule has 1 amide bonds. The van der Waals surface area contributed by atoms with E-state index in [0.29, 0.717) is 16.5 Å². The number of hydrogen-bond acceptors (Lipinski definition) is 3. The lowest BCUT2D eigenvalue weighted by atomic mass is 10.1. The number of aromatic nitrogens is 3. The molecule has 6 nitrogen and oxygen atoms in total. The van der Waals surface area contributed by atoms with Crippen molar-refractivity contribution in [2.75, 3.05) is 0 Å². The number of hydrogen-bond donors (Lipinski definition) is 2. The summed E-state index contributed by atoms with van der Waals surface area (Å²) in [6.07, 6.45) is 3.34. The lowest BCUT2D eigenvalue weighted by molar-refractivity contribution is 0.0938. The number of pyridine rings is 1. The molecule has 0 aliphatic heterocycles. The molecule has 0 fully saturated rings. The third-order valence-corrected chi connectivity index (χ3v) is 5.89. The van der Waals surface area contributed by atoms with E-state index >= 15 is 0 Å². The molecular weight excluding hydrogens is 412 g/mol. The van der Waals surface area contributed by atoms with Crippen LogP contribution in [0.25, 0.3) is 27.5 Å². The van der Waals surface area contributed by atoms with E-state index in [-0.39, 0.29) is 17.5 Å². The third kappa shape index (κ3) is 4.15. The molecule has 0 spiro atoms. The number of carbonyl (C=O) groups is 1. The molecule has 0 aliphatic rings. The molecule has 2 aromatic heterocycles. The van der Waals surface area contributed by atoms with Crippen LogP contribution in [0.5, 0.6) is 0 Å². The fourth-order valence-corrected chi connectivity index (χ4v) is 4.07. The van der Waals surface area contributed by atoms with Crippen LogP contribution < -0.4 is 10.9 Å². The Hall–Kier alpha value is -4.19. The van der Waals surface area contributed by atoms with Gasteiger partial charge in [0.15, 0.2) is 0 Å². The average molecular weight is 437 g/mol. The first kappa shape index (κ1) is 20.7. The summed E-state index contributed by atoms with van der Waals surface area (Å²) in [6, 6.07) is 25.0. The second-order valence-corrected chi connectivity index (χ2v) is 8.27. The summed E-state index contributed by atoms with van der Waals surface area (Å²) >= 11 is 0. The van der Waals surface area contributed by atoms with Crippen molar-refractivity contribution in [1.29, 1.82) is 0 Å². The van der Waals surface area contributed by atoms with Crippen LogP contribution in [0.15, 0.2) is 89.9 Å². The van der Waals surface area contributed by atoms with Crippen molar-refractivity contribution in [2.24, 2.45) is 0 Å². The molecule has 5 aromatic rings. The molecule has 1 atom stereocenters. The van der Waals surface area contributed by atoms with E-state index in [1.54, 1.807) is 18.3 Å². The van der Waals surface area contributed by atoms with Crippen LogP contribution in [0, 0.1) is 0 Å². The summed E-state index contributed by atoms with van der Waals surface area (Å²) in [5.74, 6) is -0.140. The smallest absolute Gasteiger partial charge is 0.280 e. The van der Waals surface area contributed by atoms with Crippen LogP contribution in [0.2, 0.25) is 0 Å². The molecule has 2 heterocycles. The Balaban J connectivity index is 1.42. The van der Waals surface area contributed by atoms with E-state index in [1.807, 2.05) is 61.5 Å². The Kier molecular flexibility index (Phi) is 5.48. The Bertz CT molecular complexity index is 1490. The number of fused-ring (bicyclic) bond motifs is 3. The Morgan fingerprint density at radius 1 is 1.00 bits per heavy atom. The largest absolute Gasteiger partial charge is 0.350 e. The van der Waals surface area contributed by atoms with Gasteiger partial charge in [-0.15, -0.1) is 0 Å². The standard InChI is InChI=1S/C27H24N4O2/c1-18(12-13-19-8-4-2-5-9-19)29-26(32)20-14-15-24-22(16-20)25-23(17-28-24)27(33)31(30-25)21-10-6-3-7-11-21/h2-11,14-18,30H,12-13H2,1H3,(H,29,32)/t18-/m0/s1. The molecular formula is C27H24N4O2. The van der Waals surface area contributed by atoms with Gasteiger partial charge in [0.05, 0.1) is 22.1 Å². The van der Waals surface area contributed by atoms with Crippen LogP contribution in [0.1, 0.15) is 29.3 Å². The lowest BCUT2D eigenvalue weighted by Gasteiger charge is -2.14. The molecule has 5 rings (SSSR count). The summed E-state index contributed by atoms with van der Waals surface area (Å²) in [5.41, 5.74) is 3.75. The second kappa shape index (κ2) is 8.74. The molecule has 0 radical (unpaired) electrons. The molecule has 3 aromatic carbocycles. The van der Waals surface area contributed by atoms with Crippen molar-refractivity contribution in [1.82, 2.24) is 20.1 Å². The van der Waals surface area contributed by atoms with Crippen LogP contribution in [-0.2, 0) is 6.42 Å². The highest BCUT2D eigenvalue weighted by atomic mass is 16.1. The van der Waals surface area contributed by atoms with Crippen molar-refractivity contribution in [3.63, 3.8) is 0 Å². The maximum atomic E-state index is 12.9. The van der Waals surface area contributed by atoms with Gasteiger partial charge in [-0.05, 0) is 55.7 Å². The van der Waals surface area contributed by atoms with Crippen molar-refractivity contribution < 1.29 is 4.79 Å². The van der Waals surface area contributed by atoms with Gasteiger partial charge in [-0.25, -0.2) is 4.68 Å². The Morgan fingerprint density at radius 3 is 2.48 bits per heavy atom. The van der Waals surface area contributed by atoms with E-state index in [2.05, 4.69) is 27.5 Å². The van der Waals surface area contributed by atoms with Crippen molar-refractivity contribution >= 4 is 27.7 Å². The van der Waals surface area contributed by atoms with Crippen LogP contribution >= 0.6 is 0 Å². The van der Waals surface area contributed by atoms with E-state index in [4.69, 9.17) is 0 Å². The topological polar surface area (TPSA) is 79.8 Å². The predicted octanol–water partition coefficient (Wildman–Crippen LogP) is 4.62. The van der Waals surface area contributed by atoms with E-state index in [0.717, 1.165) is 29.4 Å². The number of rotatable bonds is 6. The van der Waals surface area contributed by atoms with Gasteiger partial charge in [-0.1, -0.05) is 48.5 Å². The van der Waals surface area contributed by atoms with Crippen molar-refractivity contribution in [3.8, 4) is 5.69 Å². The number of nitrogens with zero attached hydrogens (tertiary/aromatic N) is 2. The van der Waals surface area contributed by atoms with Crippen LogP contribution in [-0.4, -0.2) is 26.7 Å². The molecule has 2 N–H and O–H groups in total. The minimum Gasteiger partial charge on any atom is -0.350 e. The first-order chi connectivity index (χ1) is 16.1. The fraction of sp³-hybridized carbons (Fsp3) is 0.148. The van der Waals surface area contributed by atoms with E-state index in [9.17, 15) is 9.59 Å². The van der Waals surface area contributed by atoms with Crippen LogP contribution in [0.4, 0.5) is 0 Å². The van der Waals surface area contributed by atoms with Crippen LogP contribution in [0.3, 0.4) is 0 Å². The normalized spacial score (nSPS) is 12.2. The maximum Gasteiger partial charge on any atom is 0.280 e. The van der Waals surface area contributed by atoms with E-state index < -0.39 is 0 Å². The summed E-state index contributed by atoms with van der Waals surface area (Å²) in [7, 11) is 0. The van der Waals surface area contributed by atoms with Crippen molar-refractivity contribution in [3.05, 3.63) is 107 Å². The van der Waals surface area contributed by atoms with Gasteiger partial charge < -0.3 is 5.32 Å². The highest BCUT2D eigenvalue weighted by Crippen LogP contribution is 2.22. The fourth-order valence-electron chi connectivity index (χ4n) is 4.07. The van der Waals surface area contributed by atoms with Gasteiger partial charge in [0.1, 0.15) is 0 Å². The SMILES string of the molecule is C[C@@H](CCc1ccccc1)NC(=O)c1ccc2ncc3c(=O)n(-c4ccccc4)[nH]c3c2c1. The number of carbonyl (C=O) groups excluding carboxylic acids is 1. The number of para-hydroxylation sites is 1. The number of aromatic amines is 1. The van der Waals surface area contributed by atoms with Crippen molar-refractivity contribution in [2.45, 2.75) is 25.8 Å². The van der Waals surface area contributed by atoms with Gasteiger partial charge in [0.25, 0.3) is 11.5 Å². The number of aryl methyl sites for hydroxylation is 1. The van der Waals surface area contributed by atoms with Gasteiger partial charge >= 0.3 is 0 Å². The summed E-state index contributed by atoms with van der Waals surface area (Å²) in [5, 5.41) is 7.51. The molecule has 0 saturated carbocycles. The zero-order valence-corrected chi connectivity index (χ0v) is 18.3. The number of benzene rings is 3. The quantitative estimate of drug-likeness (QED) is 0.408. The minimum absolute atomic E-state index is 0.0290.